The molecule has 29 heavy (non-hydrogen) atoms. The summed E-state index contributed by atoms with van der Waals surface area (Å²) < 4.78 is 64.9. The van der Waals surface area contributed by atoms with Gasteiger partial charge in [-0.15, -0.1) is 24.0 Å². The van der Waals surface area contributed by atoms with E-state index in [1.807, 2.05) is 6.92 Å². The fourth-order valence-electron chi connectivity index (χ4n) is 3.02. The van der Waals surface area contributed by atoms with E-state index in [9.17, 15) is 21.6 Å². The predicted octanol–water partition coefficient (Wildman–Crippen LogP) is 2.65. The number of sulfonamides is 1. The number of hydrogen-bond acceptors (Lipinski definition) is 4. The van der Waals surface area contributed by atoms with Crippen LogP contribution in [-0.4, -0.2) is 51.2 Å². The van der Waals surface area contributed by atoms with E-state index in [-0.39, 0.29) is 60.8 Å². The Kier molecular flexibility index (Phi) is 10.6. The van der Waals surface area contributed by atoms with Gasteiger partial charge in [0.05, 0.1) is 12.5 Å². The third kappa shape index (κ3) is 8.62. The zero-order chi connectivity index (χ0) is 20.6. The zero-order valence-corrected chi connectivity index (χ0v) is 19.2. The summed E-state index contributed by atoms with van der Waals surface area (Å²) in [6, 6.07) is 2.90. The van der Waals surface area contributed by atoms with Crippen molar-refractivity contribution in [3.8, 4) is 0 Å². The fourth-order valence-corrected chi connectivity index (χ4v) is 4.00. The molecule has 0 bridgehead atoms. The quantitative estimate of drug-likeness (QED) is 0.211. The minimum atomic E-state index is -4.13. The Hall–Kier alpha value is -1.15. The van der Waals surface area contributed by atoms with Gasteiger partial charge < -0.3 is 10.6 Å². The Labute approximate surface area is 186 Å². The Bertz CT molecular complexity index is 739. The van der Waals surface area contributed by atoms with E-state index < -0.39 is 22.1 Å². The van der Waals surface area contributed by atoms with Gasteiger partial charge in [-0.25, -0.2) is 13.1 Å². The molecule has 0 aromatic carbocycles. The number of alkyl halides is 3. The van der Waals surface area contributed by atoms with Crippen molar-refractivity contribution in [3.05, 3.63) is 24.5 Å². The van der Waals surface area contributed by atoms with Crippen molar-refractivity contribution in [2.75, 3.05) is 19.6 Å². The van der Waals surface area contributed by atoms with Crippen LogP contribution in [0.5, 0.6) is 0 Å². The van der Waals surface area contributed by atoms with Gasteiger partial charge in [0.25, 0.3) is 0 Å². The number of rotatable bonds is 7. The Balaban J connectivity index is 0.00000420. The van der Waals surface area contributed by atoms with Gasteiger partial charge in [-0.1, -0.05) is 0 Å². The molecule has 0 aliphatic heterocycles. The standard InChI is InChI=1S/C17H26F3N5O2S.HI/c1-2-22-16(25-14-7-5-13(6-8-14)17(18,19)20)23-10-11-24-28(26,27)15-4-3-9-21-12-15;/h3-4,9,12-14,24H,2,5-8,10-11H2,1H3,(H2,22,23,25);1H. The van der Waals surface area contributed by atoms with Gasteiger partial charge in [0.1, 0.15) is 4.90 Å². The lowest BCUT2D eigenvalue weighted by molar-refractivity contribution is -0.182. The molecule has 0 atom stereocenters. The lowest BCUT2D eigenvalue weighted by Crippen LogP contribution is -2.46. The van der Waals surface area contributed by atoms with Gasteiger partial charge in [-0.3, -0.25) is 9.98 Å². The molecular formula is C17H27F3IN5O2S. The maximum absolute atomic E-state index is 12.8. The van der Waals surface area contributed by atoms with E-state index in [0.717, 1.165) is 0 Å². The molecule has 1 aliphatic rings. The molecule has 3 N–H and O–H groups in total. The van der Waals surface area contributed by atoms with E-state index in [1.54, 1.807) is 0 Å². The molecule has 1 aromatic heterocycles. The Morgan fingerprint density at radius 1 is 1.28 bits per heavy atom. The van der Waals surface area contributed by atoms with Crippen LogP contribution in [0.25, 0.3) is 0 Å². The summed E-state index contributed by atoms with van der Waals surface area (Å²) in [5.74, 6) is -0.759. The molecule has 1 saturated carbocycles. The van der Waals surface area contributed by atoms with Crippen molar-refractivity contribution in [2.45, 2.75) is 49.7 Å². The highest BCUT2D eigenvalue weighted by molar-refractivity contribution is 14.0. The van der Waals surface area contributed by atoms with Gasteiger partial charge in [0, 0.05) is 31.5 Å². The molecule has 1 aliphatic carbocycles. The van der Waals surface area contributed by atoms with Gasteiger partial charge in [-0.2, -0.15) is 13.2 Å². The van der Waals surface area contributed by atoms with Crippen LogP contribution in [0.4, 0.5) is 13.2 Å². The largest absolute Gasteiger partial charge is 0.391 e. The summed E-state index contributed by atoms with van der Waals surface area (Å²) in [4.78, 5) is 8.16. The summed E-state index contributed by atoms with van der Waals surface area (Å²) in [6.07, 6.45) is -0.342. The third-order valence-corrected chi connectivity index (χ3v) is 5.94. The van der Waals surface area contributed by atoms with Crippen LogP contribution >= 0.6 is 24.0 Å². The summed E-state index contributed by atoms with van der Waals surface area (Å²) in [5.41, 5.74) is 0. The van der Waals surface area contributed by atoms with Crippen LogP contribution < -0.4 is 15.4 Å². The molecular weight excluding hydrogens is 522 g/mol. The molecule has 7 nitrogen and oxygen atoms in total. The second kappa shape index (κ2) is 11.9. The topological polar surface area (TPSA) is 95.5 Å². The maximum Gasteiger partial charge on any atom is 0.391 e. The first-order valence-corrected chi connectivity index (χ1v) is 10.7. The van der Waals surface area contributed by atoms with Crippen molar-refractivity contribution in [2.24, 2.45) is 10.9 Å². The number of halogens is 4. The van der Waals surface area contributed by atoms with Gasteiger partial charge >= 0.3 is 6.18 Å². The van der Waals surface area contributed by atoms with Gasteiger partial charge in [-0.05, 0) is 44.7 Å². The van der Waals surface area contributed by atoms with Crippen molar-refractivity contribution in [1.29, 1.82) is 0 Å². The van der Waals surface area contributed by atoms with Crippen molar-refractivity contribution < 1.29 is 21.6 Å². The second-order valence-electron chi connectivity index (χ2n) is 6.58. The molecule has 166 valence electrons. The summed E-state index contributed by atoms with van der Waals surface area (Å²) >= 11 is 0. The Morgan fingerprint density at radius 3 is 2.52 bits per heavy atom. The predicted molar refractivity (Wildman–Crippen MR) is 116 cm³/mol. The van der Waals surface area contributed by atoms with Crippen molar-refractivity contribution in [3.63, 3.8) is 0 Å². The number of guanidine groups is 1. The van der Waals surface area contributed by atoms with Gasteiger partial charge in [0.2, 0.25) is 10.0 Å². The minimum absolute atomic E-state index is 0. The highest BCUT2D eigenvalue weighted by atomic mass is 127. The molecule has 1 aromatic rings. The first kappa shape index (κ1) is 25.9. The first-order valence-electron chi connectivity index (χ1n) is 9.23. The van der Waals surface area contributed by atoms with Crippen LogP contribution in [0.2, 0.25) is 0 Å². The van der Waals surface area contributed by atoms with Crippen LogP contribution in [-0.2, 0) is 10.0 Å². The van der Waals surface area contributed by atoms with Crippen molar-refractivity contribution in [1.82, 2.24) is 20.3 Å². The lowest BCUT2D eigenvalue weighted by Gasteiger charge is -2.31. The monoisotopic (exact) mass is 549 g/mol. The number of pyridine rings is 1. The molecule has 0 radical (unpaired) electrons. The zero-order valence-electron chi connectivity index (χ0n) is 16.1. The molecule has 1 fully saturated rings. The highest BCUT2D eigenvalue weighted by Crippen LogP contribution is 2.37. The lowest BCUT2D eigenvalue weighted by atomic mass is 9.85. The number of aromatic nitrogens is 1. The Morgan fingerprint density at radius 2 is 1.97 bits per heavy atom. The molecule has 0 amide bonds. The van der Waals surface area contributed by atoms with Crippen LogP contribution in [0.15, 0.2) is 34.4 Å². The van der Waals surface area contributed by atoms with Crippen LogP contribution in [0, 0.1) is 5.92 Å². The minimum Gasteiger partial charge on any atom is -0.357 e. The molecule has 0 unspecified atom stereocenters. The van der Waals surface area contributed by atoms with Crippen LogP contribution in [0.1, 0.15) is 32.6 Å². The van der Waals surface area contributed by atoms with E-state index in [1.165, 1.54) is 24.5 Å². The molecule has 12 heteroatoms. The molecule has 1 heterocycles. The summed E-state index contributed by atoms with van der Waals surface area (Å²) in [7, 11) is -3.65. The summed E-state index contributed by atoms with van der Waals surface area (Å²) in [5, 5.41) is 6.17. The van der Waals surface area contributed by atoms with E-state index >= 15 is 0 Å². The molecule has 2 rings (SSSR count). The summed E-state index contributed by atoms with van der Waals surface area (Å²) in [6.45, 7) is 2.75. The number of nitrogens with one attached hydrogen (secondary N) is 3. The van der Waals surface area contributed by atoms with Crippen LogP contribution in [0.3, 0.4) is 0 Å². The number of nitrogens with zero attached hydrogens (tertiary/aromatic N) is 2. The van der Waals surface area contributed by atoms with Crippen molar-refractivity contribution >= 4 is 40.0 Å². The average Bonchev–Trinajstić information content (AvgIpc) is 2.66. The number of hydrogen-bond donors (Lipinski definition) is 3. The molecule has 0 saturated heterocycles. The van der Waals surface area contributed by atoms with E-state index in [2.05, 4.69) is 25.3 Å². The SMILES string of the molecule is CCNC(=NCCNS(=O)(=O)c1cccnc1)NC1CCC(C(F)(F)F)CC1.I. The van der Waals surface area contributed by atoms with E-state index in [4.69, 9.17) is 0 Å². The first-order chi connectivity index (χ1) is 13.2. The second-order valence-corrected chi connectivity index (χ2v) is 8.35. The fraction of sp³-hybridized carbons (Fsp3) is 0.647. The smallest absolute Gasteiger partial charge is 0.357 e. The van der Waals surface area contributed by atoms with E-state index in [0.29, 0.717) is 25.3 Å². The number of aliphatic imine (C=N–C) groups is 1. The molecule has 0 spiro atoms. The van der Waals surface area contributed by atoms with Gasteiger partial charge in [0.15, 0.2) is 5.96 Å². The normalized spacial score (nSPS) is 20.6. The average molecular weight is 549 g/mol. The highest BCUT2D eigenvalue weighted by Gasteiger charge is 2.41. The maximum atomic E-state index is 12.8. The third-order valence-electron chi connectivity index (χ3n) is 4.49.